The van der Waals surface area contributed by atoms with E-state index >= 15 is 0 Å². The predicted octanol–water partition coefficient (Wildman–Crippen LogP) is 3.92. The van der Waals surface area contributed by atoms with E-state index in [4.69, 9.17) is 5.73 Å². The first-order chi connectivity index (χ1) is 6.70. The first kappa shape index (κ1) is 10.1. The Morgan fingerprint density at radius 2 is 2.14 bits per heavy atom. The lowest BCUT2D eigenvalue weighted by atomic mass is 10.2. The molecule has 0 aliphatic heterocycles. The Kier molecular flexibility index (Phi) is 2.90. The number of nitrogens with two attached hydrogens (primary N) is 1. The molecule has 0 saturated heterocycles. The van der Waals surface area contributed by atoms with Crippen molar-refractivity contribution in [1.29, 1.82) is 0 Å². The Balaban J connectivity index is 2.61. The molecular weight excluding hydrogens is 328 g/mol. The second kappa shape index (κ2) is 4.00. The molecule has 0 aliphatic carbocycles. The number of hydrogen-bond acceptors (Lipinski definition) is 3. The first-order valence-electron chi connectivity index (χ1n) is 3.82. The van der Waals surface area contributed by atoms with Crippen LogP contribution in [0.1, 0.15) is 0 Å². The van der Waals surface area contributed by atoms with Gasteiger partial charge in [0, 0.05) is 17.1 Å². The van der Waals surface area contributed by atoms with Gasteiger partial charge in [-0.2, -0.15) is 11.3 Å². The van der Waals surface area contributed by atoms with Crippen LogP contribution in [0.15, 0.2) is 32.0 Å². The number of halogens is 2. The summed E-state index contributed by atoms with van der Waals surface area (Å²) in [4.78, 5) is 4.31. The van der Waals surface area contributed by atoms with Crippen molar-refractivity contribution in [3.8, 4) is 11.3 Å². The summed E-state index contributed by atoms with van der Waals surface area (Å²) in [5.74, 6) is 0. The van der Waals surface area contributed by atoms with Crippen molar-refractivity contribution in [3.63, 3.8) is 0 Å². The summed E-state index contributed by atoms with van der Waals surface area (Å²) in [5.41, 5.74) is 8.51. The highest BCUT2D eigenvalue weighted by Gasteiger charge is 2.10. The van der Waals surface area contributed by atoms with Crippen LogP contribution >= 0.6 is 43.2 Å². The van der Waals surface area contributed by atoms with Gasteiger partial charge in [-0.05, 0) is 43.3 Å². The number of rotatable bonds is 1. The zero-order chi connectivity index (χ0) is 10.1. The van der Waals surface area contributed by atoms with Gasteiger partial charge in [0.25, 0.3) is 0 Å². The maximum Gasteiger partial charge on any atom is 0.0874 e. The summed E-state index contributed by atoms with van der Waals surface area (Å²) in [6.07, 6.45) is 1.72. The summed E-state index contributed by atoms with van der Waals surface area (Å²) < 4.78 is 1.65. The van der Waals surface area contributed by atoms with E-state index in [9.17, 15) is 0 Å². The molecule has 72 valence electrons. The minimum absolute atomic E-state index is 0.682. The average molecular weight is 334 g/mol. The normalized spacial score (nSPS) is 10.4. The molecule has 0 unspecified atom stereocenters. The minimum atomic E-state index is 0.682. The molecule has 0 aromatic carbocycles. The maximum absolute atomic E-state index is 5.86. The molecule has 14 heavy (non-hydrogen) atoms. The van der Waals surface area contributed by atoms with Crippen molar-refractivity contribution in [2.24, 2.45) is 0 Å². The number of nitrogens with zero attached hydrogens (tertiary/aromatic N) is 1. The molecule has 0 aliphatic rings. The van der Waals surface area contributed by atoms with Crippen LogP contribution in [0.3, 0.4) is 0 Å². The Morgan fingerprint density at radius 1 is 1.36 bits per heavy atom. The van der Waals surface area contributed by atoms with Gasteiger partial charge in [0.2, 0.25) is 0 Å². The summed E-state index contributed by atoms with van der Waals surface area (Å²) in [7, 11) is 0. The summed E-state index contributed by atoms with van der Waals surface area (Å²) in [6.45, 7) is 0. The Labute approximate surface area is 102 Å². The molecule has 0 bridgehead atoms. The summed E-state index contributed by atoms with van der Waals surface area (Å²) in [5, 5.41) is 4.06. The predicted molar refractivity (Wildman–Crippen MR) is 67.4 cm³/mol. The monoisotopic (exact) mass is 332 g/mol. The third-order valence-corrected chi connectivity index (χ3v) is 3.92. The summed E-state index contributed by atoms with van der Waals surface area (Å²) in [6, 6.07) is 2.02. The van der Waals surface area contributed by atoms with Gasteiger partial charge in [-0.15, -0.1) is 0 Å². The lowest BCUT2D eigenvalue weighted by Crippen LogP contribution is -1.93. The van der Waals surface area contributed by atoms with Gasteiger partial charge in [-0.3, -0.25) is 4.98 Å². The molecule has 2 rings (SSSR count). The van der Waals surface area contributed by atoms with E-state index in [-0.39, 0.29) is 0 Å². The second-order valence-electron chi connectivity index (χ2n) is 2.69. The van der Waals surface area contributed by atoms with Crippen LogP contribution < -0.4 is 5.73 Å². The van der Waals surface area contributed by atoms with Crippen LogP contribution in [-0.4, -0.2) is 4.98 Å². The van der Waals surface area contributed by atoms with Crippen molar-refractivity contribution in [1.82, 2.24) is 4.98 Å². The largest absolute Gasteiger partial charge is 0.397 e. The van der Waals surface area contributed by atoms with E-state index < -0.39 is 0 Å². The fourth-order valence-electron chi connectivity index (χ4n) is 1.08. The maximum atomic E-state index is 5.86. The average Bonchev–Trinajstić information content (AvgIpc) is 2.67. The van der Waals surface area contributed by atoms with Crippen molar-refractivity contribution >= 4 is 48.9 Å². The lowest BCUT2D eigenvalue weighted by molar-refractivity contribution is 1.30. The third kappa shape index (κ3) is 1.71. The van der Waals surface area contributed by atoms with E-state index in [1.165, 1.54) is 0 Å². The third-order valence-electron chi connectivity index (χ3n) is 1.80. The van der Waals surface area contributed by atoms with E-state index in [2.05, 4.69) is 36.8 Å². The van der Waals surface area contributed by atoms with Gasteiger partial charge in [0.1, 0.15) is 0 Å². The number of nitrogen functional groups attached to an aromatic ring is 1. The molecule has 0 fully saturated rings. The van der Waals surface area contributed by atoms with Crippen molar-refractivity contribution in [3.05, 3.63) is 32.0 Å². The Bertz CT molecular complexity index is 454. The zero-order valence-electron chi connectivity index (χ0n) is 7.00. The molecule has 0 saturated carbocycles. The quantitative estimate of drug-likeness (QED) is 0.859. The van der Waals surface area contributed by atoms with Gasteiger partial charge < -0.3 is 5.73 Å². The van der Waals surface area contributed by atoms with Crippen LogP contribution in [0.2, 0.25) is 0 Å². The van der Waals surface area contributed by atoms with E-state index in [0.717, 1.165) is 20.2 Å². The zero-order valence-corrected chi connectivity index (χ0v) is 11.0. The minimum Gasteiger partial charge on any atom is -0.397 e. The fraction of sp³-hybridized carbons (Fsp3) is 0. The number of anilines is 1. The lowest BCUT2D eigenvalue weighted by Gasteiger charge is -2.05. The van der Waals surface area contributed by atoms with Gasteiger partial charge in [-0.1, -0.05) is 0 Å². The molecule has 2 aromatic heterocycles. The topological polar surface area (TPSA) is 38.9 Å². The second-order valence-corrected chi connectivity index (χ2v) is 5.12. The van der Waals surface area contributed by atoms with Gasteiger partial charge in [0.05, 0.1) is 20.3 Å². The van der Waals surface area contributed by atoms with Crippen LogP contribution in [0, 0.1) is 0 Å². The molecule has 0 atom stereocenters. The van der Waals surface area contributed by atoms with Gasteiger partial charge in [-0.25, -0.2) is 0 Å². The molecule has 5 heteroatoms. The van der Waals surface area contributed by atoms with Crippen molar-refractivity contribution in [2.75, 3.05) is 5.73 Å². The highest BCUT2D eigenvalue weighted by atomic mass is 79.9. The summed E-state index contributed by atoms with van der Waals surface area (Å²) >= 11 is 8.41. The standard InChI is InChI=1S/C9H6Br2N2S/c10-6-3-13-9(7(11)8(6)12)5-1-2-14-4-5/h1-4H,(H2,12,13). The van der Waals surface area contributed by atoms with Crippen LogP contribution in [0.25, 0.3) is 11.3 Å². The number of pyridine rings is 1. The molecular formula is C9H6Br2N2S. The molecule has 2 heterocycles. The van der Waals surface area contributed by atoms with Crippen LogP contribution in [-0.2, 0) is 0 Å². The molecule has 2 N–H and O–H groups in total. The Hall–Kier alpha value is -0.390. The molecule has 0 amide bonds. The number of aromatic nitrogens is 1. The molecule has 0 spiro atoms. The van der Waals surface area contributed by atoms with Crippen LogP contribution in [0.5, 0.6) is 0 Å². The fourth-order valence-corrected chi connectivity index (χ4v) is 2.83. The highest BCUT2D eigenvalue weighted by Crippen LogP contribution is 2.35. The Morgan fingerprint density at radius 3 is 2.79 bits per heavy atom. The first-order valence-corrected chi connectivity index (χ1v) is 6.35. The van der Waals surface area contributed by atoms with E-state index in [1.807, 2.05) is 16.8 Å². The molecule has 2 nitrogen and oxygen atoms in total. The van der Waals surface area contributed by atoms with Crippen LogP contribution in [0.4, 0.5) is 5.69 Å². The van der Waals surface area contributed by atoms with Gasteiger partial charge >= 0.3 is 0 Å². The SMILES string of the molecule is Nc1c(Br)cnc(-c2ccsc2)c1Br. The molecule has 0 radical (unpaired) electrons. The number of hydrogen-bond donors (Lipinski definition) is 1. The highest BCUT2D eigenvalue weighted by molar-refractivity contribution is 9.11. The number of thiophene rings is 1. The van der Waals surface area contributed by atoms with Crippen molar-refractivity contribution in [2.45, 2.75) is 0 Å². The molecule has 2 aromatic rings. The van der Waals surface area contributed by atoms with E-state index in [1.54, 1.807) is 17.5 Å². The van der Waals surface area contributed by atoms with Gasteiger partial charge in [0.15, 0.2) is 0 Å². The smallest absolute Gasteiger partial charge is 0.0874 e. The van der Waals surface area contributed by atoms with Crippen molar-refractivity contribution < 1.29 is 0 Å². The van der Waals surface area contributed by atoms with E-state index in [0.29, 0.717) is 5.69 Å².